The van der Waals surface area contributed by atoms with Crippen molar-refractivity contribution in [1.82, 2.24) is 10.0 Å². The number of hydrogen-bond donors (Lipinski definition) is 2. The molecule has 102 valence electrons. The van der Waals surface area contributed by atoms with E-state index in [9.17, 15) is 8.42 Å². The minimum absolute atomic E-state index is 0.109. The molecule has 0 aromatic carbocycles. The van der Waals surface area contributed by atoms with E-state index in [0.29, 0.717) is 12.3 Å². The van der Waals surface area contributed by atoms with Crippen LogP contribution in [0.25, 0.3) is 0 Å². The Morgan fingerprint density at radius 1 is 1.29 bits per heavy atom. The van der Waals surface area contributed by atoms with Crippen molar-refractivity contribution in [1.29, 1.82) is 0 Å². The number of nitrogens with one attached hydrogen (secondary N) is 2. The molecule has 0 spiro atoms. The molecule has 0 radical (unpaired) electrons. The lowest BCUT2D eigenvalue weighted by atomic mass is 9.81. The van der Waals surface area contributed by atoms with Gasteiger partial charge in [0, 0.05) is 6.04 Å². The van der Waals surface area contributed by atoms with Gasteiger partial charge in [0.25, 0.3) is 0 Å². The van der Waals surface area contributed by atoms with E-state index < -0.39 is 10.0 Å². The van der Waals surface area contributed by atoms with Crippen molar-refractivity contribution in [3.05, 3.63) is 0 Å². The first kappa shape index (κ1) is 14.9. The highest BCUT2D eigenvalue weighted by atomic mass is 32.2. The second-order valence-corrected chi connectivity index (χ2v) is 6.89. The number of hydrogen-bond acceptors (Lipinski definition) is 3. The molecule has 0 aromatic rings. The van der Waals surface area contributed by atoms with Crippen molar-refractivity contribution in [2.24, 2.45) is 5.92 Å². The molecular formula is C12H26N2O2S. The molecule has 0 heterocycles. The Hall–Kier alpha value is -0.130. The zero-order valence-corrected chi connectivity index (χ0v) is 11.9. The molecule has 0 amide bonds. The van der Waals surface area contributed by atoms with E-state index in [1.807, 2.05) is 6.92 Å². The van der Waals surface area contributed by atoms with Gasteiger partial charge in [-0.25, -0.2) is 13.1 Å². The third kappa shape index (κ3) is 5.84. The highest BCUT2D eigenvalue weighted by Gasteiger charge is 2.26. The Bertz CT molecular complexity index is 300. The minimum atomic E-state index is -3.08. The van der Waals surface area contributed by atoms with Crippen molar-refractivity contribution in [3.63, 3.8) is 0 Å². The highest BCUT2D eigenvalue weighted by Crippen LogP contribution is 2.29. The molecule has 17 heavy (non-hydrogen) atoms. The van der Waals surface area contributed by atoms with Crippen LogP contribution >= 0.6 is 0 Å². The van der Waals surface area contributed by atoms with E-state index in [2.05, 4.69) is 17.0 Å². The maximum absolute atomic E-state index is 11.8. The predicted molar refractivity (Wildman–Crippen MR) is 71.5 cm³/mol. The van der Waals surface area contributed by atoms with Gasteiger partial charge in [0.15, 0.2) is 0 Å². The summed E-state index contributed by atoms with van der Waals surface area (Å²) in [5.41, 5.74) is 0. The Labute approximate surface area is 106 Å². The molecule has 0 aliphatic heterocycles. The quantitative estimate of drug-likeness (QED) is 0.619. The first-order valence-electron chi connectivity index (χ1n) is 6.76. The van der Waals surface area contributed by atoms with Crippen LogP contribution in [0, 0.1) is 5.92 Å². The first-order chi connectivity index (χ1) is 8.05. The van der Waals surface area contributed by atoms with Gasteiger partial charge in [0.2, 0.25) is 10.0 Å². The first-order valence-corrected chi connectivity index (χ1v) is 8.41. The van der Waals surface area contributed by atoms with E-state index >= 15 is 0 Å². The second-order valence-electron chi connectivity index (χ2n) is 5.02. The van der Waals surface area contributed by atoms with Gasteiger partial charge in [-0.1, -0.05) is 13.3 Å². The van der Waals surface area contributed by atoms with Crippen molar-refractivity contribution in [2.45, 2.75) is 52.0 Å². The minimum Gasteiger partial charge on any atom is -0.317 e. The summed E-state index contributed by atoms with van der Waals surface area (Å²) in [7, 11) is -3.08. The van der Waals surface area contributed by atoms with Gasteiger partial charge in [-0.2, -0.15) is 0 Å². The van der Waals surface area contributed by atoms with Crippen LogP contribution in [-0.4, -0.2) is 33.3 Å². The Balaban J connectivity index is 2.16. The summed E-state index contributed by atoms with van der Waals surface area (Å²) in [4.78, 5) is 0. The maximum atomic E-state index is 11.8. The third-order valence-corrected chi connectivity index (χ3v) is 4.97. The topological polar surface area (TPSA) is 58.2 Å². The molecular weight excluding hydrogens is 236 g/mol. The summed E-state index contributed by atoms with van der Waals surface area (Å²) in [6.45, 7) is 5.83. The average Bonchev–Trinajstić information content (AvgIpc) is 2.13. The Kier molecular flexibility index (Phi) is 6.44. The van der Waals surface area contributed by atoms with E-state index in [4.69, 9.17) is 0 Å². The largest absolute Gasteiger partial charge is 0.317 e. The fourth-order valence-electron chi connectivity index (χ4n) is 2.07. The Morgan fingerprint density at radius 3 is 2.53 bits per heavy atom. The molecule has 5 heteroatoms. The third-order valence-electron chi connectivity index (χ3n) is 3.42. The van der Waals surface area contributed by atoms with E-state index in [1.165, 1.54) is 19.3 Å². The molecule has 1 rings (SSSR count). The molecule has 1 fully saturated rings. The van der Waals surface area contributed by atoms with Gasteiger partial charge in [-0.15, -0.1) is 0 Å². The van der Waals surface area contributed by atoms with Crippen molar-refractivity contribution < 1.29 is 8.42 Å². The van der Waals surface area contributed by atoms with E-state index in [-0.39, 0.29) is 11.8 Å². The monoisotopic (exact) mass is 262 g/mol. The van der Waals surface area contributed by atoms with Crippen LogP contribution in [0.4, 0.5) is 0 Å². The fraction of sp³-hybridized carbons (Fsp3) is 1.00. The molecule has 0 saturated heterocycles. The van der Waals surface area contributed by atoms with Crippen LogP contribution in [0.1, 0.15) is 46.0 Å². The molecule has 2 N–H and O–H groups in total. The lowest BCUT2D eigenvalue weighted by Gasteiger charge is -2.31. The van der Waals surface area contributed by atoms with Gasteiger partial charge in [0.05, 0.1) is 5.75 Å². The number of rotatable bonds is 9. The standard InChI is InChI=1S/C12H26N2O2S/c1-3-8-13-9-5-10-17(15,16)14-11(2)12-6-4-7-12/h11-14H,3-10H2,1-2H3. The van der Waals surface area contributed by atoms with Crippen molar-refractivity contribution in [3.8, 4) is 0 Å². The summed E-state index contributed by atoms with van der Waals surface area (Å²) in [6, 6.07) is 0.109. The van der Waals surface area contributed by atoms with Crippen LogP contribution in [0.2, 0.25) is 0 Å². The summed E-state index contributed by atoms with van der Waals surface area (Å²) in [5.74, 6) is 0.795. The normalized spacial score (nSPS) is 18.9. The van der Waals surface area contributed by atoms with Gasteiger partial charge in [0.1, 0.15) is 0 Å². The van der Waals surface area contributed by atoms with Gasteiger partial charge >= 0.3 is 0 Å². The predicted octanol–water partition coefficient (Wildman–Crippen LogP) is 1.48. The lowest BCUT2D eigenvalue weighted by molar-refractivity contribution is 0.260. The van der Waals surface area contributed by atoms with Gasteiger partial charge in [-0.05, 0) is 51.6 Å². The van der Waals surface area contributed by atoms with Crippen LogP contribution in [-0.2, 0) is 10.0 Å². The van der Waals surface area contributed by atoms with E-state index in [1.54, 1.807) is 0 Å². The summed E-state index contributed by atoms with van der Waals surface area (Å²) in [5, 5.41) is 3.21. The molecule has 0 aromatic heterocycles. The zero-order valence-electron chi connectivity index (χ0n) is 11.0. The summed E-state index contributed by atoms with van der Waals surface area (Å²) < 4.78 is 26.4. The summed E-state index contributed by atoms with van der Waals surface area (Å²) in [6.07, 6.45) is 5.36. The lowest BCUT2D eigenvalue weighted by Crippen LogP contribution is -2.41. The SMILES string of the molecule is CCCNCCCS(=O)(=O)NC(C)C1CCC1. The molecule has 1 saturated carbocycles. The zero-order chi connectivity index (χ0) is 12.7. The van der Waals surface area contributed by atoms with E-state index in [0.717, 1.165) is 19.5 Å². The van der Waals surface area contributed by atoms with Crippen LogP contribution in [0.5, 0.6) is 0 Å². The van der Waals surface area contributed by atoms with Gasteiger partial charge < -0.3 is 5.32 Å². The Morgan fingerprint density at radius 2 is 2.00 bits per heavy atom. The van der Waals surface area contributed by atoms with Crippen molar-refractivity contribution in [2.75, 3.05) is 18.8 Å². The second kappa shape index (κ2) is 7.34. The number of sulfonamides is 1. The fourth-order valence-corrected chi connectivity index (χ4v) is 3.47. The molecule has 1 atom stereocenters. The maximum Gasteiger partial charge on any atom is 0.211 e. The highest BCUT2D eigenvalue weighted by molar-refractivity contribution is 7.89. The smallest absolute Gasteiger partial charge is 0.211 e. The van der Waals surface area contributed by atoms with Crippen molar-refractivity contribution >= 4 is 10.0 Å². The molecule has 1 unspecified atom stereocenters. The average molecular weight is 262 g/mol. The molecule has 1 aliphatic rings. The molecule has 4 nitrogen and oxygen atoms in total. The van der Waals surface area contributed by atoms with Crippen LogP contribution < -0.4 is 10.0 Å². The molecule has 1 aliphatic carbocycles. The summed E-state index contributed by atoms with van der Waals surface area (Å²) >= 11 is 0. The van der Waals surface area contributed by atoms with Crippen LogP contribution in [0.3, 0.4) is 0 Å². The van der Waals surface area contributed by atoms with Crippen LogP contribution in [0.15, 0.2) is 0 Å². The van der Waals surface area contributed by atoms with Gasteiger partial charge in [-0.3, -0.25) is 0 Å². The molecule has 0 bridgehead atoms.